The zero-order valence-corrected chi connectivity index (χ0v) is 17.7. The fourth-order valence-electron chi connectivity index (χ4n) is 2.72. The van der Waals surface area contributed by atoms with Crippen molar-refractivity contribution >= 4 is 29.2 Å². The van der Waals surface area contributed by atoms with Crippen molar-refractivity contribution in [1.82, 2.24) is 10.9 Å². The van der Waals surface area contributed by atoms with Crippen LogP contribution in [0, 0.1) is 5.82 Å². The largest absolute Gasteiger partial charge is 0.489 e. The van der Waals surface area contributed by atoms with E-state index < -0.39 is 17.6 Å². The fourth-order valence-corrected chi connectivity index (χ4v) is 2.84. The summed E-state index contributed by atoms with van der Waals surface area (Å²) in [6.45, 7) is 0.322. The van der Waals surface area contributed by atoms with Gasteiger partial charge in [-0.1, -0.05) is 23.7 Å². The van der Waals surface area contributed by atoms with Crippen molar-refractivity contribution < 1.29 is 23.5 Å². The van der Waals surface area contributed by atoms with Crippen molar-refractivity contribution in [3.63, 3.8) is 0 Å². The molecule has 0 spiro atoms. The number of rotatable bonds is 8. The third-order valence-corrected chi connectivity index (χ3v) is 4.75. The Kier molecular flexibility index (Phi) is 7.94. The molecule has 164 valence electrons. The molecule has 0 aliphatic carbocycles. The zero-order chi connectivity index (χ0) is 22.9. The zero-order valence-electron chi connectivity index (χ0n) is 16.9. The predicted octanol–water partition coefficient (Wildman–Crippen LogP) is 4.48. The quantitative estimate of drug-likeness (QED) is 0.388. The van der Waals surface area contributed by atoms with Crippen molar-refractivity contribution in [3.05, 3.63) is 100 Å². The van der Waals surface area contributed by atoms with E-state index in [4.69, 9.17) is 16.3 Å². The Labute approximate surface area is 189 Å². The Hall–Kier alpha value is -3.71. The van der Waals surface area contributed by atoms with Crippen LogP contribution in [0.4, 0.5) is 4.39 Å². The second kappa shape index (κ2) is 11.1. The Morgan fingerprint density at radius 1 is 0.781 bits per heavy atom. The number of hydrogen-bond donors (Lipinski definition) is 2. The summed E-state index contributed by atoms with van der Waals surface area (Å²) in [5, 5.41) is 0.624. The minimum atomic E-state index is -0.512. The Morgan fingerprint density at radius 2 is 1.41 bits per heavy atom. The number of carbonyl (C=O) groups excluding carboxylic acids is 3. The molecule has 2 N–H and O–H groups in total. The average molecular weight is 455 g/mol. The van der Waals surface area contributed by atoms with Gasteiger partial charge in [-0.2, -0.15) is 0 Å². The van der Waals surface area contributed by atoms with E-state index in [0.717, 1.165) is 5.56 Å². The van der Waals surface area contributed by atoms with Gasteiger partial charge in [0, 0.05) is 29.0 Å². The third kappa shape index (κ3) is 6.92. The van der Waals surface area contributed by atoms with Crippen molar-refractivity contribution in [2.45, 2.75) is 19.4 Å². The maximum absolute atomic E-state index is 12.9. The number of ether oxygens (including phenoxy) is 1. The molecule has 3 rings (SSSR count). The molecule has 0 saturated heterocycles. The molecule has 0 aliphatic rings. The lowest BCUT2D eigenvalue weighted by Crippen LogP contribution is -2.41. The summed E-state index contributed by atoms with van der Waals surface area (Å²) in [5.41, 5.74) is 6.12. The molecule has 3 aromatic carbocycles. The number of nitrogens with one attached hydrogen (secondary N) is 2. The lowest BCUT2D eigenvalue weighted by Gasteiger charge is -2.09. The summed E-state index contributed by atoms with van der Waals surface area (Å²) in [6.07, 6.45) is -0.173. The van der Waals surface area contributed by atoms with Gasteiger partial charge in [-0.05, 0) is 66.2 Å². The Bertz CT molecular complexity index is 1080. The molecule has 8 heteroatoms. The SMILES string of the molecule is O=C(CCC(=O)c1ccc(F)cc1)NNC(=O)c1ccc(COc2ccc(Cl)cc2)cc1. The second-order valence-corrected chi connectivity index (χ2v) is 7.31. The van der Waals surface area contributed by atoms with Gasteiger partial charge in [0.1, 0.15) is 18.2 Å². The Balaban J connectivity index is 1.41. The summed E-state index contributed by atoms with van der Waals surface area (Å²) in [4.78, 5) is 36.1. The molecule has 0 radical (unpaired) electrons. The maximum atomic E-state index is 12.9. The first-order valence-electron chi connectivity index (χ1n) is 9.76. The van der Waals surface area contributed by atoms with E-state index in [1.54, 1.807) is 48.5 Å². The molecular weight excluding hydrogens is 435 g/mol. The van der Waals surface area contributed by atoms with Gasteiger partial charge >= 0.3 is 0 Å². The lowest BCUT2D eigenvalue weighted by molar-refractivity contribution is -0.121. The standard InChI is InChI=1S/C24H20ClFN2O4/c25-19-7-11-21(12-8-19)32-15-16-1-3-18(4-2-16)24(31)28-27-23(30)14-13-22(29)17-5-9-20(26)10-6-17/h1-12H,13-15H2,(H,27,30)(H,28,31). The highest BCUT2D eigenvalue weighted by molar-refractivity contribution is 6.30. The van der Waals surface area contributed by atoms with Gasteiger partial charge in [0.2, 0.25) is 5.91 Å². The van der Waals surface area contributed by atoms with Crippen LogP contribution >= 0.6 is 11.6 Å². The van der Waals surface area contributed by atoms with Crippen molar-refractivity contribution in [3.8, 4) is 5.75 Å². The number of Topliss-reactive ketones (excluding diaryl/α,β-unsaturated/α-hetero) is 1. The minimum Gasteiger partial charge on any atom is -0.489 e. The second-order valence-electron chi connectivity index (χ2n) is 6.87. The van der Waals surface area contributed by atoms with Gasteiger partial charge in [-0.15, -0.1) is 0 Å². The molecule has 0 fully saturated rings. The van der Waals surface area contributed by atoms with E-state index in [1.165, 1.54) is 24.3 Å². The summed E-state index contributed by atoms with van der Waals surface area (Å²) in [6, 6.07) is 18.8. The molecule has 0 heterocycles. The molecule has 6 nitrogen and oxygen atoms in total. The highest BCUT2D eigenvalue weighted by atomic mass is 35.5. The predicted molar refractivity (Wildman–Crippen MR) is 118 cm³/mol. The molecule has 32 heavy (non-hydrogen) atoms. The summed E-state index contributed by atoms with van der Waals surface area (Å²) < 4.78 is 18.5. The first kappa shape index (κ1) is 23.0. The number of hydrazine groups is 1. The highest BCUT2D eigenvalue weighted by Gasteiger charge is 2.11. The number of carbonyl (C=O) groups is 3. The molecule has 3 aromatic rings. The van der Waals surface area contributed by atoms with Crippen LogP contribution in [0.1, 0.15) is 39.1 Å². The topological polar surface area (TPSA) is 84.5 Å². The molecule has 0 unspecified atom stereocenters. The summed E-state index contributed by atoms with van der Waals surface area (Å²) in [5.74, 6) is -1.06. The van der Waals surface area contributed by atoms with E-state index in [2.05, 4.69) is 10.9 Å². The molecule has 0 aliphatic heterocycles. The number of halogens is 2. The molecule has 0 atom stereocenters. The van der Waals surface area contributed by atoms with Crippen LogP contribution in [-0.4, -0.2) is 17.6 Å². The smallest absolute Gasteiger partial charge is 0.269 e. The number of amides is 2. The Morgan fingerprint density at radius 3 is 2.06 bits per heavy atom. The summed E-state index contributed by atoms with van der Waals surface area (Å²) >= 11 is 5.84. The van der Waals surface area contributed by atoms with Crippen LogP contribution in [0.2, 0.25) is 5.02 Å². The lowest BCUT2D eigenvalue weighted by atomic mass is 10.1. The summed E-state index contributed by atoms with van der Waals surface area (Å²) in [7, 11) is 0. The normalized spacial score (nSPS) is 10.3. The third-order valence-electron chi connectivity index (χ3n) is 4.50. The van der Waals surface area contributed by atoms with E-state index >= 15 is 0 Å². The average Bonchev–Trinajstić information content (AvgIpc) is 2.81. The van der Waals surface area contributed by atoms with Crippen LogP contribution in [0.25, 0.3) is 0 Å². The number of ketones is 1. The molecule has 0 aromatic heterocycles. The first-order chi connectivity index (χ1) is 15.4. The van der Waals surface area contributed by atoms with E-state index in [9.17, 15) is 18.8 Å². The molecular formula is C24H20ClFN2O4. The van der Waals surface area contributed by atoms with E-state index in [1.807, 2.05) is 0 Å². The molecule has 2 amide bonds. The van der Waals surface area contributed by atoms with Crippen molar-refractivity contribution in [1.29, 1.82) is 0 Å². The van der Waals surface area contributed by atoms with Crippen LogP contribution < -0.4 is 15.6 Å². The van der Waals surface area contributed by atoms with Gasteiger partial charge in [0.15, 0.2) is 5.78 Å². The monoisotopic (exact) mass is 454 g/mol. The van der Waals surface area contributed by atoms with E-state index in [-0.39, 0.29) is 18.6 Å². The maximum Gasteiger partial charge on any atom is 0.269 e. The molecule has 0 saturated carbocycles. The number of benzene rings is 3. The van der Waals surface area contributed by atoms with E-state index in [0.29, 0.717) is 28.5 Å². The van der Waals surface area contributed by atoms with Gasteiger partial charge in [-0.3, -0.25) is 25.2 Å². The van der Waals surface area contributed by atoms with Crippen LogP contribution in [0.3, 0.4) is 0 Å². The van der Waals surface area contributed by atoms with Crippen LogP contribution in [-0.2, 0) is 11.4 Å². The fraction of sp³-hybridized carbons (Fsp3) is 0.125. The van der Waals surface area contributed by atoms with Crippen molar-refractivity contribution in [2.24, 2.45) is 0 Å². The van der Waals surface area contributed by atoms with Crippen LogP contribution in [0.15, 0.2) is 72.8 Å². The van der Waals surface area contributed by atoms with Gasteiger partial charge in [0.05, 0.1) is 0 Å². The van der Waals surface area contributed by atoms with Gasteiger partial charge in [0.25, 0.3) is 5.91 Å². The minimum absolute atomic E-state index is 0.0599. The first-order valence-corrected chi connectivity index (χ1v) is 10.1. The van der Waals surface area contributed by atoms with Crippen LogP contribution in [0.5, 0.6) is 5.75 Å². The van der Waals surface area contributed by atoms with Crippen molar-refractivity contribution in [2.75, 3.05) is 0 Å². The molecule has 0 bridgehead atoms. The van der Waals surface area contributed by atoms with Gasteiger partial charge in [-0.25, -0.2) is 4.39 Å². The number of hydrogen-bond acceptors (Lipinski definition) is 4. The highest BCUT2D eigenvalue weighted by Crippen LogP contribution is 2.17. The van der Waals surface area contributed by atoms with Gasteiger partial charge < -0.3 is 4.74 Å².